The Morgan fingerprint density at radius 2 is 1.41 bits per heavy atom. The Hall–Kier alpha value is -2.60. The summed E-state index contributed by atoms with van der Waals surface area (Å²) in [4.78, 5) is 12.3. The summed E-state index contributed by atoms with van der Waals surface area (Å²) < 4.78 is 105. The lowest BCUT2D eigenvalue weighted by molar-refractivity contribution is -0.143. The lowest BCUT2D eigenvalue weighted by Gasteiger charge is -2.19. The fourth-order valence-corrected chi connectivity index (χ4v) is 4.37. The molecule has 0 aliphatic carbocycles. The molecule has 0 aliphatic rings. The van der Waals surface area contributed by atoms with Crippen LogP contribution in [0.4, 0.5) is 32.0 Å². The molecule has 0 bridgehead atoms. The molecule has 0 spiro atoms. The minimum Gasteiger partial charge on any atom is -0.322 e. The highest BCUT2D eigenvalue weighted by Gasteiger charge is 2.37. The largest absolute Gasteiger partial charge is 0.416 e. The van der Waals surface area contributed by atoms with E-state index in [2.05, 4.69) is 5.32 Å². The number of nitrogens with one attached hydrogen (secondary N) is 1. The summed E-state index contributed by atoms with van der Waals surface area (Å²) in [6.45, 7) is 5.11. The Bertz CT molecular complexity index is 1080. The number of carbonyl (C=O) groups excluding carboxylic acids is 1. The Balaban J connectivity index is 2.50. The Morgan fingerprint density at radius 1 is 0.906 bits per heavy atom. The van der Waals surface area contributed by atoms with Gasteiger partial charge >= 0.3 is 12.4 Å². The van der Waals surface area contributed by atoms with E-state index < -0.39 is 45.0 Å². The third-order valence-corrected chi connectivity index (χ3v) is 6.70. The molecule has 2 aromatic rings. The van der Waals surface area contributed by atoms with Gasteiger partial charge in [-0.3, -0.25) is 4.79 Å². The van der Waals surface area contributed by atoms with Crippen LogP contribution in [0, 0.1) is 6.92 Å². The Morgan fingerprint density at radius 3 is 1.84 bits per heavy atom. The van der Waals surface area contributed by atoms with Gasteiger partial charge in [-0.25, -0.2) is 8.42 Å². The zero-order chi connectivity index (χ0) is 24.5. The molecule has 0 heterocycles. The predicted octanol–water partition coefficient (Wildman–Crippen LogP) is 5.32. The van der Waals surface area contributed by atoms with Gasteiger partial charge in [0.15, 0.2) is 0 Å². The third-order valence-electron chi connectivity index (χ3n) is 4.65. The fraction of sp³-hybridized carbons (Fsp3) is 0.350. The molecular weight excluding hydrogens is 462 g/mol. The molecule has 32 heavy (non-hydrogen) atoms. The maximum Gasteiger partial charge on any atom is 0.416 e. The van der Waals surface area contributed by atoms with Crippen molar-refractivity contribution >= 4 is 21.6 Å². The molecular formula is C20H20F6N2O3S. The summed E-state index contributed by atoms with van der Waals surface area (Å²) in [6, 6.07) is 4.30. The first-order valence-electron chi connectivity index (χ1n) is 9.32. The van der Waals surface area contributed by atoms with Gasteiger partial charge in [0.25, 0.3) is 5.91 Å². The Kier molecular flexibility index (Phi) is 7.30. The van der Waals surface area contributed by atoms with Gasteiger partial charge in [-0.1, -0.05) is 19.9 Å². The molecule has 0 radical (unpaired) electrons. The minimum atomic E-state index is -5.11. The van der Waals surface area contributed by atoms with E-state index in [1.165, 1.54) is 19.1 Å². The van der Waals surface area contributed by atoms with Gasteiger partial charge in [-0.2, -0.15) is 30.6 Å². The first kappa shape index (κ1) is 25.7. The normalized spacial score (nSPS) is 12.8. The number of anilines is 1. The van der Waals surface area contributed by atoms with Gasteiger partial charge < -0.3 is 5.32 Å². The molecule has 0 aliphatic heterocycles. The zero-order valence-electron chi connectivity index (χ0n) is 17.2. The first-order valence-corrected chi connectivity index (χ1v) is 10.8. The van der Waals surface area contributed by atoms with Gasteiger partial charge in [0.2, 0.25) is 10.0 Å². The van der Waals surface area contributed by atoms with Crippen LogP contribution in [-0.4, -0.2) is 31.7 Å². The van der Waals surface area contributed by atoms with Gasteiger partial charge in [0.05, 0.1) is 16.0 Å². The zero-order valence-corrected chi connectivity index (χ0v) is 18.0. The molecule has 0 unspecified atom stereocenters. The molecule has 12 heteroatoms. The van der Waals surface area contributed by atoms with Crippen LogP contribution in [0.25, 0.3) is 0 Å². The molecule has 2 rings (SSSR count). The van der Waals surface area contributed by atoms with Crippen molar-refractivity contribution in [3.63, 3.8) is 0 Å². The molecule has 2 aromatic carbocycles. The molecule has 0 saturated carbocycles. The minimum absolute atomic E-state index is 0.0609. The monoisotopic (exact) mass is 482 g/mol. The van der Waals surface area contributed by atoms with Crippen molar-refractivity contribution in [2.45, 2.75) is 38.0 Å². The number of halogens is 6. The number of nitrogens with zero attached hydrogens (tertiary/aromatic N) is 1. The number of sulfonamides is 1. The van der Waals surface area contributed by atoms with Gasteiger partial charge in [-0.05, 0) is 42.8 Å². The fourth-order valence-electron chi connectivity index (χ4n) is 2.89. The van der Waals surface area contributed by atoms with Crippen molar-refractivity contribution in [2.75, 3.05) is 18.4 Å². The predicted molar refractivity (Wildman–Crippen MR) is 106 cm³/mol. The number of hydrogen-bond acceptors (Lipinski definition) is 3. The van der Waals surface area contributed by atoms with E-state index in [1.54, 1.807) is 13.8 Å². The van der Waals surface area contributed by atoms with E-state index in [9.17, 15) is 39.6 Å². The molecule has 0 atom stereocenters. The van der Waals surface area contributed by atoms with E-state index in [0.29, 0.717) is 17.7 Å². The van der Waals surface area contributed by atoms with Crippen molar-refractivity contribution < 1.29 is 39.6 Å². The highest BCUT2D eigenvalue weighted by atomic mass is 32.2. The van der Waals surface area contributed by atoms with Gasteiger partial charge in [-0.15, -0.1) is 0 Å². The van der Waals surface area contributed by atoms with Crippen molar-refractivity contribution in [3.05, 3.63) is 58.7 Å². The smallest absolute Gasteiger partial charge is 0.322 e. The third kappa shape index (κ3) is 5.60. The van der Waals surface area contributed by atoms with Crippen molar-refractivity contribution in [2.24, 2.45) is 0 Å². The maximum absolute atomic E-state index is 13.0. The average Bonchev–Trinajstić information content (AvgIpc) is 2.68. The number of amides is 1. The van der Waals surface area contributed by atoms with Crippen LogP contribution in [0.1, 0.15) is 40.9 Å². The molecule has 5 nitrogen and oxygen atoms in total. The second kappa shape index (κ2) is 9.10. The van der Waals surface area contributed by atoms with Crippen molar-refractivity contribution in [3.8, 4) is 0 Å². The molecule has 0 aromatic heterocycles. The van der Waals surface area contributed by atoms with Crippen LogP contribution in [0.2, 0.25) is 0 Å². The lowest BCUT2D eigenvalue weighted by Crippen LogP contribution is -2.30. The molecule has 0 fully saturated rings. The number of benzene rings is 2. The lowest BCUT2D eigenvalue weighted by atomic mass is 10.0. The topological polar surface area (TPSA) is 66.5 Å². The summed E-state index contributed by atoms with van der Waals surface area (Å²) in [6.07, 6.45) is -10.2. The average molecular weight is 482 g/mol. The van der Waals surface area contributed by atoms with Crippen LogP contribution < -0.4 is 5.32 Å². The number of alkyl halides is 6. The first-order chi connectivity index (χ1) is 14.6. The molecule has 1 amide bonds. The van der Waals surface area contributed by atoms with Gasteiger partial charge in [0, 0.05) is 24.3 Å². The van der Waals surface area contributed by atoms with Crippen LogP contribution in [-0.2, 0) is 22.4 Å². The quantitative estimate of drug-likeness (QED) is 0.567. The second-order valence-electron chi connectivity index (χ2n) is 6.81. The van der Waals surface area contributed by atoms with E-state index in [-0.39, 0.29) is 29.7 Å². The second-order valence-corrected chi connectivity index (χ2v) is 8.75. The molecule has 176 valence electrons. The van der Waals surface area contributed by atoms with Gasteiger partial charge in [0.1, 0.15) is 0 Å². The highest BCUT2D eigenvalue weighted by Crippen LogP contribution is 2.36. The maximum atomic E-state index is 13.0. The summed E-state index contributed by atoms with van der Waals surface area (Å²) in [5.74, 6) is -1.25. The van der Waals surface area contributed by atoms with E-state index in [4.69, 9.17) is 0 Å². The number of hydrogen-bond donors (Lipinski definition) is 1. The SMILES string of the molecule is CCN(CC)S(=O)(=O)c1ccc(C)c(NC(=O)c2cc(C(F)(F)F)cc(C(F)(F)F)c2)c1. The number of carbonyl (C=O) groups is 1. The summed E-state index contributed by atoms with van der Waals surface area (Å²) in [5, 5.41) is 2.21. The van der Waals surface area contributed by atoms with Crippen molar-refractivity contribution in [1.29, 1.82) is 0 Å². The summed E-state index contributed by atoms with van der Waals surface area (Å²) in [7, 11) is -3.91. The highest BCUT2D eigenvalue weighted by molar-refractivity contribution is 7.89. The summed E-state index contributed by atoms with van der Waals surface area (Å²) >= 11 is 0. The van der Waals surface area contributed by atoms with Crippen LogP contribution in [0.5, 0.6) is 0 Å². The van der Waals surface area contributed by atoms with E-state index in [0.717, 1.165) is 10.4 Å². The summed E-state index contributed by atoms with van der Waals surface area (Å²) in [5.41, 5.74) is -3.84. The Labute approximate surface area is 181 Å². The molecule has 0 saturated heterocycles. The molecule has 1 N–H and O–H groups in total. The van der Waals surface area contributed by atoms with Crippen LogP contribution in [0.15, 0.2) is 41.3 Å². The van der Waals surface area contributed by atoms with Crippen molar-refractivity contribution in [1.82, 2.24) is 4.31 Å². The van der Waals surface area contributed by atoms with Crippen LogP contribution >= 0.6 is 0 Å². The standard InChI is InChI=1S/C20H20F6N2O3S/c1-4-28(5-2)32(30,31)16-7-6-12(3)17(11-16)27-18(29)13-8-14(19(21,22)23)10-15(9-13)20(24,25)26/h6-11H,4-5H2,1-3H3,(H,27,29). The number of aryl methyl sites for hydroxylation is 1. The number of rotatable bonds is 6. The van der Waals surface area contributed by atoms with E-state index >= 15 is 0 Å². The van der Waals surface area contributed by atoms with Crippen LogP contribution in [0.3, 0.4) is 0 Å². The van der Waals surface area contributed by atoms with E-state index in [1.807, 2.05) is 0 Å².